The molecule has 2 amide bonds. The standard InChI is InChI=1S/C24H29N3O2/c1-17(19-11-13-21(14-12-19)26-23(28)20-9-10-20)25-24(29)22-8-5-15-27(22)16-18-6-3-2-4-7-18/h2-4,6-7,11-14,17,20,22H,5,8-10,15-16H2,1H3,(H,25,29)(H,26,28). The van der Waals surface area contributed by atoms with Crippen LogP contribution in [0.5, 0.6) is 0 Å². The van der Waals surface area contributed by atoms with E-state index in [-0.39, 0.29) is 29.8 Å². The minimum absolute atomic E-state index is 0.0742. The van der Waals surface area contributed by atoms with Crippen LogP contribution in [0.1, 0.15) is 49.8 Å². The number of hydrogen-bond acceptors (Lipinski definition) is 3. The predicted molar refractivity (Wildman–Crippen MR) is 114 cm³/mol. The van der Waals surface area contributed by atoms with Crippen LogP contribution in [0.3, 0.4) is 0 Å². The number of anilines is 1. The van der Waals surface area contributed by atoms with Crippen molar-refractivity contribution >= 4 is 17.5 Å². The van der Waals surface area contributed by atoms with E-state index in [1.165, 1.54) is 5.56 Å². The second kappa shape index (κ2) is 8.78. The maximum absolute atomic E-state index is 12.9. The summed E-state index contributed by atoms with van der Waals surface area (Å²) in [5, 5.41) is 6.13. The van der Waals surface area contributed by atoms with Gasteiger partial charge in [0, 0.05) is 18.2 Å². The van der Waals surface area contributed by atoms with Crippen LogP contribution >= 0.6 is 0 Å². The summed E-state index contributed by atoms with van der Waals surface area (Å²) in [7, 11) is 0. The second-order valence-corrected chi connectivity index (χ2v) is 8.23. The van der Waals surface area contributed by atoms with Crippen LogP contribution in [0, 0.1) is 5.92 Å². The van der Waals surface area contributed by atoms with E-state index >= 15 is 0 Å². The highest BCUT2D eigenvalue weighted by Crippen LogP contribution is 2.30. The van der Waals surface area contributed by atoms with E-state index in [2.05, 4.69) is 27.7 Å². The van der Waals surface area contributed by atoms with Gasteiger partial charge in [0.25, 0.3) is 0 Å². The second-order valence-electron chi connectivity index (χ2n) is 8.23. The molecule has 0 radical (unpaired) electrons. The lowest BCUT2D eigenvalue weighted by Gasteiger charge is -2.25. The van der Waals surface area contributed by atoms with E-state index in [1.54, 1.807) is 0 Å². The first-order valence-corrected chi connectivity index (χ1v) is 10.6. The highest BCUT2D eigenvalue weighted by molar-refractivity contribution is 5.94. The normalized spacial score (nSPS) is 20.2. The Bertz CT molecular complexity index is 846. The number of nitrogens with one attached hydrogen (secondary N) is 2. The molecule has 1 saturated heterocycles. The lowest BCUT2D eigenvalue weighted by Crippen LogP contribution is -2.43. The smallest absolute Gasteiger partial charge is 0.237 e. The molecule has 2 fully saturated rings. The van der Waals surface area contributed by atoms with E-state index in [0.717, 1.165) is 50.0 Å². The van der Waals surface area contributed by atoms with Gasteiger partial charge in [-0.25, -0.2) is 0 Å². The van der Waals surface area contributed by atoms with Crippen molar-refractivity contribution in [2.75, 3.05) is 11.9 Å². The van der Waals surface area contributed by atoms with Crippen molar-refractivity contribution < 1.29 is 9.59 Å². The number of hydrogen-bond donors (Lipinski definition) is 2. The maximum Gasteiger partial charge on any atom is 0.237 e. The average molecular weight is 392 g/mol. The fraction of sp³-hybridized carbons (Fsp3) is 0.417. The molecular weight excluding hydrogens is 362 g/mol. The van der Waals surface area contributed by atoms with Gasteiger partial charge >= 0.3 is 0 Å². The van der Waals surface area contributed by atoms with Gasteiger partial charge < -0.3 is 10.6 Å². The number of nitrogens with zero attached hydrogens (tertiary/aromatic N) is 1. The quantitative estimate of drug-likeness (QED) is 0.753. The van der Waals surface area contributed by atoms with Crippen LogP contribution in [0.2, 0.25) is 0 Å². The van der Waals surface area contributed by atoms with Crippen LogP contribution < -0.4 is 10.6 Å². The van der Waals surface area contributed by atoms with Crippen LogP contribution in [0.4, 0.5) is 5.69 Å². The van der Waals surface area contributed by atoms with Crippen molar-refractivity contribution in [1.29, 1.82) is 0 Å². The van der Waals surface area contributed by atoms with Crippen LogP contribution in [0.15, 0.2) is 54.6 Å². The summed E-state index contributed by atoms with van der Waals surface area (Å²) < 4.78 is 0. The number of amides is 2. The summed E-state index contributed by atoms with van der Waals surface area (Å²) in [6, 6.07) is 17.9. The van der Waals surface area contributed by atoms with Crippen molar-refractivity contribution in [2.24, 2.45) is 5.92 Å². The van der Waals surface area contributed by atoms with E-state index < -0.39 is 0 Å². The molecule has 29 heavy (non-hydrogen) atoms. The molecule has 2 aromatic rings. The molecule has 4 rings (SSSR count). The Morgan fingerprint density at radius 2 is 1.72 bits per heavy atom. The first kappa shape index (κ1) is 19.6. The number of benzene rings is 2. The molecule has 5 heteroatoms. The van der Waals surface area contributed by atoms with Crippen LogP contribution in [-0.2, 0) is 16.1 Å². The van der Waals surface area contributed by atoms with Gasteiger partial charge in [-0.15, -0.1) is 0 Å². The van der Waals surface area contributed by atoms with Gasteiger partial charge in [0.1, 0.15) is 0 Å². The Hall–Kier alpha value is -2.66. The van der Waals surface area contributed by atoms with E-state index in [4.69, 9.17) is 0 Å². The minimum atomic E-state index is -0.0743. The Morgan fingerprint density at radius 3 is 2.41 bits per heavy atom. The molecule has 2 aromatic carbocycles. The highest BCUT2D eigenvalue weighted by Gasteiger charge is 2.31. The Morgan fingerprint density at radius 1 is 1.00 bits per heavy atom. The third kappa shape index (κ3) is 5.04. The third-order valence-corrected chi connectivity index (χ3v) is 5.88. The van der Waals surface area contributed by atoms with E-state index in [9.17, 15) is 9.59 Å². The third-order valence-electron chi connectivity index (χ3n) is 5.88. The molecule has 152 valence electrons. The van der Waals surface area contributed by atoms with Gasteiger partial charge in [-0.2, -0.15) is 0 Å². The summed E-state index contributed by atoms with van der Waals surface area (Å²) >= 11 is 0. The van der Waals surface area contributed by atoms with Gasteiger partial charge in [0.05, 0.1) is 12.1 Å². The summed E-state index contributed by atoms with van der Waals surface area (Å²) in [6.07, 6.45) is 3.94. The minimum Gasteiger partial charge on any atom is -0.348 e. The highest BCUT2D eigenvalue weighted by atomic mass is 16.2. The average Bonchev–Trinajstić information content (AvgIpc) is 3.49. The number of carbonyl (C=O) groups excluding carboxylic acids is 2. The number of rotatable bonds is 7. The van der Waals surface area contributed by atoms with Crippen molar-refractivity contribution in [2.45, 2.75) is 51.2 Å². The molecule has 0 aromatic heterocycles. The molecule has 2 aliphatic rings. The van der Waals surface area contributed by atoms with Gasteiger partial charge in [0.2, 0.25) is 11.8 Å². The van der Waals surface area contributed by atoms with Crippen LogP contribution in [-0.4, -0.2) is 29.3 Å². The molecule has 5 nitrogen and oxygen atoms in total. The summed E-state index contributed by atoms with van der Waals surface area (Å²) in [6.45, 7) is 3.77. The number of likely N-dealkylation sites (tertiary alicyclic amines) is 1. The summed E-state index contributed by atoms with van der Waals surface area (Å²) in [5.74, 6) is 0.397. The molecular formula is C24H29N3O2. The lowest BCUT2D eigenvalue weighted by molar-refractivity contribution is -0.126. The Labute approximate surface area is 172 Å². The van der Waals surface area contributed by atoms with Gasteiger partial charge in [0.15, 0.2) is 0 Å². The van der Waals surface area contributed by atoms with Gasteiger partial charge in [-0.05, 0) is 62.4 Å². The zero-order valence-electron chi connectivity index (χ0n) is 16.9. The largest absolute Gasteiger partial charge is 0.348 e. The summed E-state index contributed by atoms with van der Waals surface area (Å²) in [4.78, 5) is 27.1. The lowest BCUT2D eigenvalue weighted by atomic mass is 10.1. The fourth-order valence-electron chi connectivity index (χ4n) is 3.97. The zero-order chi connectivity index (χ0) is 20.2. The molecule has 0 spiro atoms. The molecule has 2 N–H and O–H groups in total. The first-order valence-electron chi connectivity index (χ1n) is 10.6. The van der Waals surface area contributed by atoms with Gasteiger partial charge in [-0.3, -0.25) is 14.5 Å². The molecule has 1 aliphatic carbocycles. The maximum atomic E-state index is 12.9. The molecule has 1 aliphatic heterocycles. The zero-order valence-corrected chi connectivity index (χ0v) is 16.9. The van der Waals surface area contributed by atoms with Crippen LogP contribution in [0.25, 0.3) is 0 Å². The molecule has 2 unspecified atom stereocenters. The topological polar surface area (TPSA) is 61.4 Å². The molecule has 1 heterocycles. The van der Waals surface area contributed by atoms with Crippen molar-refractivity contribution in [3.05, 3.63) is 65.7 Å². The predicted octanol–water partition coefficient (Wildman–Crippen LogP) is 3.88. The monoisotopic (exact) mass is 391 g/mol. The fourth-order valence-corrected chi connectivity index (χ4v) is 3.97. The first-order chi connectivity index (χ1) is 14.1. The van der Waals surface area contributed by atoms with Crippen molar-refractivity contribution in [1.82, 2.24) is 10.2 Å². The van der Waals surface area contributed by atoms with Crippen molar-refractivity contribution in [3.8, 4) is 0 Å². The molecule has 1 saturated carbocycles. The van der Waals surface area contributed by atoms with Crippen molar-refractivity contribution in [3.63, 3.8) is 0 Å². The Balaban J connectivity index is 1.32. The Kier molecular flexibility index (Phi) is 5.95. The summed E-state index contributed by atoms with van der Waals surface area (Å²) in [5.41, 5.74) is 3.09. The number of carbonyl (C=O) groups is 2. The molecule has 0 bridgehead atoms. The van der Waals surface area contributed by atoms with Gasteiger partial charge in [-0.1, -0.05) is 42.5 Å². The van der Waals surface area contributed by atoms with E-state index in [1.807, 2.05) is 49.4 Å². The SMILES string of the molecule is CC(NC(=O)C1CCCN1Cc1ccccc1)c1ccc(NC(=O)C2CC2)cc1. The molecule has 2 atom stereocenters. The van der Waals surface area contributed by atoms with E-state index in [0.29, 0.717) is 0 Å².